The smallest absolute Gasteiger partial charge is 0.339 e. The fourth-order valence-corrected chi connectivity index (χ4v) is 2.75. The molecule has 0 radical (unpaired) electrons. The van der Waals surface area contributed by atoms with Crippen LogP contribution in [0.4, 0.5) is 0 Å². The number of benzene rings is 1. The summed E-state index contributed by atoms with van der Waals surface area (Å²) in [4.78, 5) is 13.2. The van der Waals surface area contributed by atoms with Gasteiger partial charge in [0.2, 0.25) is 0 Å². The molecule has 2 aromatic heterocycles. The lowest BCUT2D eigenvalue weighted by Gasteiger charge is -2.11. The predicted octanol–water partition coefficient (Wildman–Crippen LogP) is 3.73. The van der Waals surface area contributed by atoms with Gasteiger partial charge < -0.3 is 18.6 Å². The molecule has 0 saturated heterocycles. The number of nitrogens with zero attached hydrogens (tertiary/aromatic N) is 2. The quantitative estimate of drug-likeness (QED) is 0.619. The number of aromatic nitrogens is 2. The molecule has 8 heteroatoms. The largest absolute Gasteiger partial charge is 0.497 e. The van der Waals surface area contributed by atoms with Crippen LogP contribution in [0.25, 0.3) is 10.8 Å². The minimum Gasteiger partial charge on any atom is -0.497 e. The van der Waals surface area contributed by atoms with Gasteiger partial charge in [-0.1, -0.05) is 6.07 Å². The zero-order chi connectivity index (χ0) is 17.8. The summed E-state index contributed by atoms with van der Waals surface area (Å²) in [5, 5.41) is 9.84. The number of hydrogen-bond donors (Lipinski definition) is 0. The summed E-state index contributed by atoms with van der Waals surface area (Å²) < 4.78 is 21.3. The van der Waals surface area contributed by atoms with Crippen molar-refractivity contribution >= 4 is 17.3 Å². The van der Waals surface area contributed by atoms with Crippen LogP contribution in [0, 0.1) is 0 Å². The van der Waals surface area contributed by atoms with Crippen molar-refractivity contribution in [3.8, 4) is 22.3 Å². The van der Waals surface area contributed by atoms with E-state index in [9.17, 15) is 4.79 Å². The number of hydrogen-bond acceptors (Lipinski definition) is 8. The maximum absolute atomic E-state index is 12.4. The molecular formula is C17H16N2O5S. The Kier molecular flexibility index (Phi) is 4.99. The summed E-state index contributed by atoms with van der Waals surface area (Å²) in [5.41, 5.74) is 0.307. The van der Waals surface area contributed by atoms with E-state index in [1.54, 1.807) is 25.1 Å². The molecular weight excluding hydrogens is 344 g/mol. The first-order valence-electron chi connectivity index (χ1n) is 7.42. The highest BCUT2D eigenvalue weighted by Crippen LogP contribution is 2.27. The number of methoxy groups -OCH3 is 2. The molecule has 0 aliphatic heterocycles. The molecule has 0 N–H and O–H groups in total. The van der Waals surface area contributed by atoms with Crippen molar-refractivity contribution in [1.29, 1.82) is 0 Å². The van der Waals surface area contributed by atoms with Crippen LogP contribution in [0.3, 0.4) is 0 Å². The Bertz CT molecular complexity index is 838. The van der Waals surface area contributed by atoms with Crippen LogP contribution >= 0.6 is 11.3 Å². The predicted molar refractivity (Wildman–Crippen MR) is 91.0 cm³/mol. The van der Waals surface area contributed by atoms with Crippen LogP contribution < -0.4 is 9.47 Å². The van der Waals surface area contributed by atoms with Crippen molar-refractivity contribution in [2.45, 2.75) is 13.0 Å². The van der Waals surface area contributed by atoms with Crippen molar-refractivity contribution in [3.63, 3.8) is 0 Å². The molecule has 130 valence electrons. The number of esters is 1. The second kappa shape index (κ2) is 7.35. The molecule has 0 fully saturated rings. The molecule has 0 amide bonds. The maximum Gasteiger partial charge on any atom is 0.339 e. The van der Waals surface area contributed by atoms with Crippen LogP contribution in [-0.2, 0) is 4.74 Å². The van der Waals surface area contributed by atoms with Crippen LogP contribution in [0.1, 0.15) is 29.3 Å². The van der Waals surface area contributed by atoms with E-state index in [0.29, 0.717) is 23.0 Å². The molecule has 0 unspecified atom stereocenters. The van der Waals surface area contributed by atoms with Gasteiger partial charge in [-0.3, -0.25) is 0 Å². The number of carbonyl (C=O) groups excluding carboxylic acids is 1. The average molecular weight is 360 g/mol. The summed E-state index contributed by atoms with van der Waals surface area (Å²) in [5.74, 6) is 1.08. The Morgan fingerprint density at radius 3 is 2.48 bits per heavy atom. The lowest BCUT2D eigenvalue weighted by molar-refractivity contribution is 0.0279. The number of ether oxygens (including phenoxy) is 3. The van der Waals surface area contributed by atoms with E-state index < -0.39 is 12.1 Å². The van der Waals surface area contributed by atoms with Crippen LogP contribution in [0.2, 0.25) is 0 Å². The van der Waals surface area contributed by atoms with Gasteiger partial charge in [-0.05, 0) is 30.5 Å². The van der Waals surface area contributed by atoms with E-state index in [4.69, 9.17) is 18.6 Å². The third-order valence-electron chi connectivity index (χ3n) is 3.39. The number of thiophene rings is 1. The topological polar surface area (TPSA) is 83.7 Å². The first-order chi connectivity index (χ1) is 12.1. The van der Waals surface area contributed by atoms with E-state index in [1.807, 2.05) is 17.5 Å². The van der Waals surface area contributed by atoms with Gasteiger partial charge in [0.1, 0.15) is 11.5 Å². The minimum atomic E-state index is -0.689. The molecule has 0 spiro atoms. The Morgan fingerprint density at radius 1 is 1.16 bits per heavy atom. The van der Waals surface area contributed by atoms with Crippen molar-refractivity contribution in [1.82, 2.24) is 10.2 Å². The summed E-state index contributed by atoms with van der Waals surface area (Å²) in [6.45, 7) is 1.67. The van der Waals surface area contributed by atoms with E-state index in [2.05, 4.69) is 10.2 Å². The van der Waals surface area contributed by atoms with Gasteiger partial charge in [0, 0.05) is 6.07 Å². The van der Waals surface area contributed by atoms with E-state index >= 15 is 0 Å². The van der Waals surface area contributed by atoms with Gasteiger partial charge in [0.15, 0.2) is 6.10 Å². The molecule has 3 aromatic rings. The SMILES string of the molecule is COc1cc(OC)cc(C(=O)O[C@@H](C)c2nnc(-c3cccs3)o2)c1. The van der Waals surface area contributed by atoms with Crippen LogP contribution in [0.5, 0.6) is 11.5 Å². The molecule has 0 bridgehead atoms. The van der Waals surface area contributed by atoms with Gasteiger partial charge in [0.05, 0.1) is 24.7 Å². The fourth-order valence-electron chi connectivity index (χ4n) is 2.10. The molecule has 7 nitrogen and oxygen atoms in total. The lowest BCUT2D eigenvalue weighted by atomic mass is 10.2. The first kappa shape index (κ1) is 17.0. The second-order valence-electron chi connectivity index (χ2n) is 5.07. The third kappa shape index (κ3) is 3.80. The van der Waals surface area contributed by atoms with Gasteiger partial charge in [-0.15, -0.1) is 21.5 Å². The normalized spacial score (nSPS) is 11.8. The maximum atomic E-state index is 12.4. The Balaban J connectivity index is 1.74. The van der Waals surface area contributed by atoms with Crippen molar-refractivity contribution < 1.29 is 23.4 Å². The monoisotopic (exact) mass is 360 g/mol. The average Bonchev–Trinajstić information content (AvgIpc) is 3.32. The summed E-state index contributed by atoms with van der Waals surface area (Å²) in [7, 11) is 3.02. The van der Waals surface area contributed by atoms with Gasteiger partial charge in [-0.25, -0.2) is 4.79 Å². The Labute approximate surface area is 148 Å². The van der Waals surface area contributed by atoms with Gasteiger partial charge in [-0.2, -0.15) is 0 Å². The summed E-state index contributed by atoms with van der Waals surface area (Å²) in [6.07, 6.45) is -0.689. The van der Waals surface area contributed by atoms with Crippen molar-refractivity contribution in [2.75, 3.05) is 14.2 Å². The highest BCUT2D eigenvalue weighted by molar-refractivity contribution is 7.13. The fraction of sp³-hybridized carbons (Fsp3) is 0.235. The molecule has 0 aliphatic carbocycles. The summed E-state index contributed by atoms with van der Waals surface area (Å²) in [6, 6.07) is 8.58. The van der Waals surface area contributed by atoms with Crippen LogP contribution in [0.15, 0.2) is 40.1 Å². The number of rotatable bonds is 6. The Hall–Kier alpha value is -2.87. The molecule has 1 atom stereocenters. The zero-order valence-corrected chi connectivity index (χ0v) is 14.7. The van der Waals surface area contributed by atoms with Crippen LogP contribution in [-0.4, -0.2) is 30.4 Å². The van der Waals surface area contributed by atoms with Crippen molar-refractivity contribution in [2.24, 2.45) is 0 Å². The lowest BCUT2D eigenvalue weighted by Crippen LogP contribution is -2.10. The van der Waals surface area contributed by atoms with Gasteiger partial charge >= 0.3 is 5.97 Å². The molecule has 1 aromatic carbocycles. The van der Waals surface area contributed by atoms with Crippen molar-refractivity contribution in [3.05, 3.63) is 47.2 Å². The highest BCUT2D eigenvalue weighted by Gasteiger charge is 2.21. The summed E-state index contributed by atoms with van der Waals surface area (Å²) >= 11 is 1.49. The van der Waals surface area contributed by atoms with E-state index in [0.717, 1.165) is 4.88 Å². The molecule has 3 rings (SSSR count). The number of carbonyl (C=O) groups is 1. The molecule has 0 saturated carbocycles. The zero-order valence-electron chi connectivity index (χ0n) is 13.9. The van der Waals surface area contributed by atoms with Gasteiger partial charge in [0.25, 0.3) is 11.8 Å². The molecule has 2 heterocycles. The molecule has 25 heavy (non-hydrogen) atoms. The highest BCUT2D eigenvalue weighted by atomic mass is 32.1. The Morgan fingerprint density at radius 2 is 1.88 bits per heavy atom. The standard InChI is InChI=1S/C17H16N2O5S/c1-10(15-18-19-16(24-15)14-5-4-6-25-14)23-17(20)11-7-12(21-2)9-13(8-11)22-3/h4-10H,1-3H3/t10-/m0/s1. The van der Waals surface area contributed by atoms with E-state index in [1.165, 1.54) is 25.6 Å². The van der Waals surface area contributed by atoms with E-state index in [-0.39, 0.29) is 5.89 Å². The molecule has 0 aliphatic rings. The third-order valence-corrected chi connectivity index (χ3v) is 4.25. The minimum absolute atomic E-state index is 0.228. The first-order valence-corrected chi connectivity index (χ1v) is 8.30. The second-order valence-corrected chi connectivity index (χ2v) is 6.02.